The number of amides is 3. The number of anilines is 1. The van der Waals surface area contributed by atoms with Crippen LogP contribution in [0.1, 0.15) is 33.8 Å². The van der Waals surface area contributed by atoms with E-state index < -0.39 is 0 Å². The number of aromatic nitrogens is 1. The Kier molecular flexibility index (Phi) is 8.53. The van der Waals surface area contributed by atoms with Gasteiger partial charge in [0.05, 0.1) is 5.69 Å². The molecule has 0 aliphatic rings. The highest BCUT2D eigenvalue weighted by molar-refractivity contribution is 7.17. The van der Waals surface area contributed by atoms with Crippen molar-refractivity contribution in [3.63, 3.8) is 0 Å². The molecule has 0 radical (unpaired) electrons. The molecule has 0 saturated carbocycles. The fraction of sp³-hybridized carbons (Fsp3) is 0.450. The van der Waals surface area contributed by atoms with Crippen LogP contribution in [0.4, 0.5) is 14.3 Å². The topological polar surface area (TPSA) is 77.6 Å². The van der Waals surface area contributed by atoms with Crippen LogP contribution in [0.2, 0.25) is 0 Å². The Labute approximate surface area is 174 Å². The molecule has 0 aliphatic carbocycles. The number of halogens is 1. The van der Waals surface area contributed by atoms with Crippen molar-refractivity contribution in [2.45, 2.75) is 26.3 Å². The highest BCUT2D eigenvalue weighted by Crippen LogP contribution is 2.23. The summed E-state index contributed by atoms with van der Waals surface area (Å²) in [5.41, 5.74) is 1.67. The molecule has 158 valence electrons. The summed E-state index contributed by atoms with van der Waals surface area (Å²) < 4.78 is 12.9. The van der Waals surface area contributed by atoms with Gasteiger partial charge >= 0.3 is 6.03 Å². The Hall–Kier alpha value is -2.52. The van der Waals surface area contributed by atoms with E-state index in [0.29, 0.717) is 22.2 Å². The van der Waals surface area contributed by atoms with Gasteiger partial charge in [-0.2, -0.15) is 0 Å². The van der Waals surface area contributed by atoms with Crippen molar-refractivity contribution >= 4 is 28.4 Å². The van der Waals surface area contributed by atoms with Crippen molar-refractivity contribution in [1.29, 1.82) is 0 Å². The lowest BCUT2D eigenvalue weighted by atomic mass is 10.2. The highest BCUT2D eigenvalue weighted by Gasteiger charge is 2.17. The molecule has 9 heteroatoms. The number of rotatable bonds is 9. The molecule has 1 heterocycles. The molecular formula is C20H28FN5O2S. The lowest BCUT2D eigenvalue weighted by Gasteiger charge is -2.16. The van der Waals surface area contributed by atoms with E-state index in [1.54, 1.807) is 33.2 Å². The Morgan fingerprint density at radius 2 is 1.83 bits per heavy atom. The smallest absolute Gasteiger partial charge is 0.321 e. The summed E-state index contributed by atoms with van der Waals surface area (Å²) in [4.78, 5) is 32.5. The minimum Gasteiger partial charge on any atom is -0.344 e. The maximum atomic E-state index is 12.9. The molecule has 0 spiro atoms. The van der Waals surface area contributed by atoms with Crippen molar-refractivity contribution in [1.82, 2.24) is 20.1 Å². The fourth-order valence-electron chi connectivity index (χ4n) is 2.68. The van der Waals surface area contributed by atoms with E-state index in [0.717, 1.165) is 31.5 Å². The number of nitrogens with zero attached hydrogens (tertiary/aromatic N) is 3. The molecule has 0 unspecified atom stereocenters. The molecule has 7 nitrogen and oxygen atoms in total. The summed E-state index contributed by atoms with van der Waals surface area (Å²) in [7, 11) is 5.37. The van der Waals surface area contributed by atoms with Crippen LogP contribution < -0.4 is 10.6 Å². The average Bonchev–Trinajstić information content (AvgIpc) is 3.02. The minimum absolute atomic E-state index is 0.127. The van der Waals surface area contributed by atoms with Crippen molar-refractivity contribution in [2.24, 2.45) is 0 Å². The first-order chi connectivity index (χ1) is 13.8. The zero-order valence-electron chi connectivity index (χ0n) is 17.3. The lowest BCUT2D eigenvalue weighted by molar-refractivity contribution is 0.0831. The van der Waals surface area contributed by atoms with Crippen LogP contribution in [-0.2, 0) is 6.54 Å². The predicted octanol–water partition coefficient (Wildman–Crippen LogP) is 3.33. The molecule has 0 bridgehead atoms. The third-order valence-electron chi connectivity index (χ3n) is 4.24. The number of carbonyl (C=O) groups excluding carboxylic acids is 2. The van der Waals surface area contributed by atoms with Gasteiger partial charge in [0.25, 0.3) is 5.91 Å². The van der Waals surface area contributed by atoms with Crippen LogP contribution in [0.5, 0.6) is 0 Å². The molecule has 29 heavy (non-hydrogen) atoms. The number of hydrogen-bond acceptors (Lipinski definition) is 5. The van der Waals surface area contributed by atoms with Gasteiger partial charge in [-0.05, 0) is 51.1 Å². The average molecular weight is 422 g/mol. The summed E-state index contributed by atoms with van der Waals surface area (Å²) in [5.74, 6) is -0.354. The molecule has 0 aliphatic heterocycles. The maximum absolute atomic E-state index is 12.9. The van der Waals surface area contributed by atoms with Crippen LogP contribution in [0.15, 0.2) is 24.3 Å². The van der Waals surface area contributed by atoms with Crippen LogP contribution in [0, 0.1) is 12.7 Å². The van der Waals surface area contributed by atoms with Gasteiger partial charge in [-0.15, -0.1) is 0 Å². The van der Waals surface area contributed by atoms with Crippen molar-refractivity contribution in [3.05, 3.63) is 46.2 Å². The third-order valence-corrected chi connectivity index (χ3v) is 5.30. The fourth-order valence-corrected chi connectivity index (χ4v) is 3.66. The quantitative estimate of drug-likeness (QED) is 0.609. The molecule has 0 fully saturated rings. The van der Waals surface area contributed by atoms with Gasteiger partial charge in [0.1, 0.15) is 10.7 Å². The summed E-state index contributed by atoms with van der Waals surface area (Å²) in [6.45, 7) is 3.93. The summed E-state index contributed by atoms with van der Waals surface area (Å²) in [6, 6.07) is 6.18. The van der Waals surface area contributed by atoms with Crippen molar-refractivity contribution in [2.75, 3.05) is 39.5 Å². The van der Waals surface area contributed by atoms with Gasteiger partial charge in [-0.25, -0.2) is 14.2 Å². The van der Waals surface area contributed by atoms with Crippen LogP contribution in [0.25, 0.3) is 0 Å². The first-order valence-electron chi connectivity index (χ1n) is 9.43. The predicted molar refractivity (Wildman–Crippen MR) is 114 cm³/mol. The second-order valence-electron chi connectivity index (χ2n) is 7.09. The van der Waals surface area contributed by atoms with Crippen LogP contribution >= 0.6 is 11.3 Å². The largest absolute Gasteiger partial charge is 0.344 e. The van der Waals surface area contributed by atoms with Crippen LogP contribution in [0.3, 0.4) is 0 Å². The SMILES string of the molecule is Cc1nc(NC(=O)NCCCCN(C)Cc2ccc(F)cc2)sc1C(=O)N(C)C. The van der Waals surface area contributed by atoms with Gasteiger partial charge < -0.3 is 15.1 Å². The van der Waals surface area contributed by atoms with Gasteiger partial charge in [0.2, 0.25) is 0 Å². The van der Waals surface area contributed by atoms with Gasteiger partial charge in [0.15, 0.2) is 5.13 Å². The molecule has 2 rings (SSSR count). The second-order valence-corrected chi connectivity index (χ2v) is 8.08. The summed E-state index contributed by atoms with van der Waals surface area (Å²) in [6.07, 6.45) is 1.76. The molecular weight excluding hydrogens is 393 g/mol. The van der Waals surface area contributed by atoms with Crippen molar-refractivity contribution in [3.8, 4) is 0 Å². The first kappa shape index (κ1) is 22.8. The van der Waals surface area contributed by atoms with E-state index in [4.69, 9.17) is 0 Å². The zero-order valence-corrected chi connectivity index (χ0v) is 18.1. The van der Waals surface area contributed by atoms with Crippen LogP contribution in [-0.4, -0.2) is 61.0 Å². The monoisotopic (exact) mass is 421 g/mol. The number of unbranched alkanes of at least 4 members (excludes halogenated alkanes) is 1. The van der Waals surface area contributed by atoms with E-state index in [1.165, 1.54) is 28.4 Å². The number of urea groups is 1. The minimum atomic E-state index is -0.331. The molecule has 2 N–H and O–H groups in total. The molecule has 0 saturated heterocycles. The summed E-state index contributed by atoms with van der Waals surface area (Å²) >= 11 is 1.17. The van der Waals surface area contributed by atoms with Crippen molar-refractivity contribution < 1.29 is 14.0 Å². The molecule has 2 aromatic rings. The molecule has 3 amide bonds. The summed E-state index contributed by atoms with van der Waals surface area (Å²) in [5, 5.41) is 5.89. The Balaban J connectivity index is 1.65. The number of thiazole rings is 1. The zero-order chi connectivity index (χ0) is 21.4. The second kappa shape index (κ2) is 10.9. The molecule has 1 aromatic carbocycles. The Morgan fingerprint density at radius 1 is 1.14 bits per heavy atom. The van der Waals surface area contributed by atoms with E-state index in [9.17, 15) is 14.0 Å². The Morgan fingerprint density at radius 3 is 2.48 bits per heavy atom. The number of benzene rings is 1. The molecule has 1 aromatic heterocycles. The standard InChI is InChI=1S/C20H28FN5O2S/c1-14-17(18(27)25(2)3)29-20(23-14)24-19(28)22-11-5-6-12-26(4)13-15-7-9-16(21)10-8-15/h7-10H,5-6,11-13H2,1-4H3,(H2,22,23,24,28). The normalized spacial score (nSPS) is 10.8. The number of nitrogens with one attached hydrogen (secondary N) is 2. The van der Waals surface area contributed by atoms with E-state index in [2.05, 4.69) is 20.5 Å². The number of aryl methyl sites for hydroxylation is 1. The first-order valence-corrected chi connectivity index (χ1v) is 10.2. The van der Waals surface area contributed by atoms with Gasteiger partial charge in [0, 0.05) is 27.2 Å². The molecule has 0 atom stereocenters. The number of hydrogen-bond donors (Lipinski definition) is 2. The van der Waals surface area contributed by atoms with Gasteiger partial charge in [-0.3, -0.25) is 10.1 Å². The van der Waals surface area contributed by atoms with E-state index >= 15 is 0 Å². The number of carbonyl (C=O) groups is 2. The maximum Gasteiger partial charge on any atom is 0.321 e. The highest BCUT2D eigenvalue weighted by atomic mass is 32.1. The Bertz CT molecular complexity index is 823. The lowest BCUT2D eigenvalue weighted by Crippen LogP contribution is -2.30. The van der Waals surface area contributed by atoms with E-state index in [1.807, 2.05) is 7.05 Å². The van der Waals surface area contributed by atoms with E-state index in [-0.39, 0.29) is 17.8 Å². The third kappa shape index (κ3) is 7.43. The van der Waals surface area contributed by atoms with Gasteiger partial charge in [-0.1, -0.05) is 23.5 Å².